The lowest BCUT2D eigenvalue weighted by atomic mass is 10.2. The first-order valence-corrected chi connectivity index (χ1v) is 10.5. The highest BCUT2D eigenvalue weighted by Crippen LogP contribution is 2.36. The van der Waals surface area contributed by atoms with E-state index in [0.29, 0.717) is 25.8 Å². The van der Waals surface area contributed by atoms with E-state index in [4.69, 9.17) is 14.5 Å². The molecule has 5 nitrogen and oxygen atoms in total. The van der Waals surface area contributed by atoms with Gasteiger partial charge in [0.2, 0.25) is 0 Å². The molecule has 4 rings (SSSR count). The van der Waals surface area contributed by atoms with Crippen LogP contribution >= 0.6 is 11.3 Å². The van der Waals surface area contributed by atoms with E-state index in [-0.39, 0.29) is 0 Å². The van der Waals surface area contributed by atoms with Crippen LogP contribution in [0, 0.1) is 0 Å². The van der Waals surface area contributed by atoms with Gasteiger partial charge in [-0.05, 0) is 49.2 Å². The van der Waals surface area contributed by atoms with E-state index in [9.17, 15) is 5.11 Å². The molecule has 3 aromatic rings. The van der Waals surface area contributed by atoms with Crippen molar-refractivity contribution >= 4 is 21.6 Å². The molecule has 0 amide bonds. The molecule has 0 saturated carbocycles. The van der Waals surface area contributed by atoms with Crippen molar-refractivity contribution in [3.63, 3.8) is 0 Å². The molecule has 2 unspecified atom stereocenters. The molecule has 1 saturated heterocycles. The second kappa shape index (κ2) is 9.01. The minimum atomic E-state index is -0.506. The first-order valence-electron chi connectivity index (χ1n) is 9.71. The zero-order valence-electron chi connectivity index (χ0n) is 16.1. The summed E-state index contributed by atoms with van der Waals surface area (Å²) in [4.78, 5) is 7.17. The standard InChI is InChI=1S/C22H26N2O3S/c1-26-18-10-8-16(9-11-18)14-27-15-17(25)13-24-12-4-6-20(24)22-23-19-5-2-3-7-21(19)28-22/h2-3,5,7-11,17,20,25H,4,6,12-15H2,1H3. The smallest absolute Gasteiger partial charge is 0.118 e. The number of methoxy groups -OCH3 is 1. The lowest BCUT2D eigenvalue weighted by Gasteiger charge is -2.25. The summed E-state index contributed by atoms with van der Waals surface area (Å²) in [5.41, 5.74) is 2.14. The summed E-state index contributed by atoms with van der Waals surface area (Å²) in [5, 5.41) is 11.6. The van der Waals surface area contributed by atoms with Gasteiger partial charge in [-0.15, -0.1) is 11.3 Å². The van der Waals surface area contributed by atoms with Gasteiger partial charge >= 0.3 is 0 Å². The molecule has 0 aliphatic carbocycles. The molecule has 1 aliphatic rings. The quantitative estimate of drug-likeness (QED) is 0.621. The fraction of sp³-hybridized carbons (Fsp3) is 0.409. The minimum Gasteiger partial charge on any atom is -0.497 e. The molecule has 1 aliphatic heterocycles. The molecular weight excluding hydrogens is 372 g/mol. The van der Waals surface area contributed by atoms with Crippen LogP contribution in [-0.2, 0) is 11.3 Å². The highest BCUT2D eigenvalue weighted by molar-refractivity contribution is 7.18. The molecule has 2 heterocycles. The van der Waals surface area contributed by atoms with Gasteiger partial charge in [0.1, 0.15) is 10.8 Å². The maximum absolute atomic E-state index is 10.5. The molecule has 6 heteroatoms. The Kier molecular flexibility index (Phi) is 6.22. The van der Waals surface area contributed by atoms with Crippen molar-refractivity contribution in [1.82, 2.24) is 9.88 Å². The van der Waals surface area contributed by atoms with Crippen molar-refractivity contribution < 1.29 is 14.6 Å². The van der Waals surface area contributed by atoms with Crippen LogP contribution in [-0.4, -0.2) is 47.9 Å². The molecule has 1 aromatic heterocycles. The zero-order valence-corrected chi connectivity index (χ0v) is 16.9. The summed E-state index contributed by atoms with van der Waals surface area (Å²) in [6.07, 6.45) is 1.73. The van der Waals surface area contributed by atoms with Gasteiger partial charge < -0.3 is 14.6 Å². The zero-order chi connectivity index (χ0) is 19.3. The summed E-state index contributed by atoms with van der Waals surface area (Å²) in [7, 11) is 1.65. The van der Waals surface area contributed by atoms with E-state index < -0.39 is 6.10 Å². The average Bonchev–Trinajstić information content (AvgIpc) is 3.34. The summed E-state index contributed by atoms with van der Waals surface area (Å²) >= 11 is 1.77. The van der Waals surface area contributed by atoms with Gasteiger partial charge in [0.25, 0.3) is 0 Å². The highest BCUT2D eigenvalue weighted by atomic mass is 32.1. The Morgan fingerprint density at radius 1 is 1.21 bits per heavy atom. The van der Waals surface area contributed by atoms with Crippen molar-refractivity contribution in [2.45, 2.75) is 31.6 Å². The van der Waals surface area contributed by atoms with Crippen molar-refractivity contribution in [3.05, 3.63) is 59.1 Å². The molecular formula is C22H26N2O3S. The number of nitrogens with zero attached hydrogens (tertiary/aromatic N) is 2. The van der Waals surface area contributed by atoms with Crippen LogP contribution in [0.5, 0.6) is 5.75 Å². The van der Waals surface area contributed by atoms with Crippen molar-refractivity contribution in [3.8, 4) is 5.75 Å². The number of fused-ring (bicyclic) bond motifs is 1. The van der Waals surface area contributed by atoms with E-state index in [1.54, 1.807) is 18.4 Å². The Labute approximate surface area is 169 Å². The number of hydrogen-bond acceptors (Lipinski definition) is 6. The van der Waals surface area contributed by atoms with Crippen molar-refractivity contribution in [1.29, 1.82) is 0 Å². The summed E-state index contributed by atoms with van der Waals surface area (Å²) in [5.74, 6) is 0.832. The Morgan fingerprint density at radius 3 is 2.82 bits per heavy atom. The van der Waals surface area contributed by atoms with E-state index in [0.717, 1.165) is 41.2 Å². The van der Waals surface area contributed by atoms with Crippen LogP contribution < -0.4 is 4.74 Å². The number of thiazole rings is 1. The third-order valence-electron chi connectivity index (χ3n) is 5.14. The third-order valence-corrected chi connectivity index (χ3v) is 6.28. The normalized spacial score (nSPS) is 18.6. The monoisotopic (exact) mass is 398 g/mol. The maximum atomic E-state index is 10.5. The fourth-order valence-electron chi connectivity index (χ4n) is 3.71. The number of rotatable bonds is 8. The first kappa shape index (κ1) is 19.3. The fourth-order valence-corrected chi connectivity index (χ4v) is 4.85. The number of benzene rings is 2. The van der Waals surface area contributed by atoms with Crippen molar-refractivity contribution in [2.24, 2.45) is 0 Å². The number of para-hydroxylation sites is 1. The molecule has 2 atom stereocenters. The first-order chi connectivity index (χ1) is 13.7. The van der Waals surface area contributed by atoms with Crippen LogP contribution in [0.4, 0.5) is 0 Å². The average molecular weight is 399 g/mol. The molecule has 0 spiro atoms. The molecule has 2 aromatic carbocycles. The predicted octanol–water partition coefficient (Wildman–Crippen LogP) is 4.02. The van der Waals surface area contributed by atoms with E-state index in [1.165, 1.54) is 4.70 Å². The van der Waals surface area contributed by atoms with E-state index >= 15 is 0 Å². The molecule has 1 N–H and O–H groups in total. The van der Waals surface area contributed by atoms with Gasteiger partial charge in [0.05, 0.1) is 42.7 Å². The van der Waals surface area contributed by atoms with Crippen LogP contribution in [0.25, 0.3) is 10.2 Å². The van der Waals surface area contributed by atoms with Crippen molar-refractivity contribution in [2.75, 3.05) is 26.8 Å². The molecule has 0 bridgehead atoms. The van der Waals surface area contributed by atoms with Crippen LogP contribution in [0.2, 0.25) is 0 Å². The maximum Gasteiger partial charge on any atom is 0.118 e. The van der Waals surface area contributed by atoms with Crippen LogP contribution in [0.3, 0.4) is 0 Å². The van der Waals surface area contributed by atoms with Gasteiger partial charge in [-0.25, -0.2) is 4.98 Å². The summed E-state index contributed by atoms with van der Waals surface area (Å²) in [6.45, 7) is 2.43. The Hall–Kier alpha value is -1.99. The number of aliphatic hydroxyl groups excluding tert-OH is 1. The Morgan fingerprint density at radius 2 is 2.04 bits per heavy atom. The second-order valence-electron chi connectivity index (χ2n) is 7.19. The van der Waals surface area contributed by atoms with Gasteiger partial charge in [-0.1, -0.05) is 24.3 Å². The molecule has 0 radical (unpaired) electrons. The minimum absolute atomic E-state index is 0.300. The number of ether oxygens (including phenoxy) is 2. The second-order valence-corrected chi connectivity index (χ2v) is 8.25. The van der Waals surface area contributed by atoms with E-state index in [1.807, 2.05) is 30.3 Å². The Balaban J connectivity index is 1.29. The lowest BCUT2D eigenvalue weighted by Crippen LogP contribution is -2.34. The number of β-amino-alcohol motifs (C(OH)–C–C–N with tert-alkyl or cyclic N) is 1. The van der Waals surface area contributed by atoms with Gasteiger partial charge in [-0.2, -0.15) is 0 Å². The van der Waals surface area contributed by atoms with Gasteiger partial charge in [0, 0.05) is 6.54 Å². The predicted molar refractivity (Wildman–Crippen MR) is 112 cm³/mol. The van der Waals surface area contributed by atoms with E-state index in [2.05, 4.69) is 23.1 Å². The van der Waals surface area contributed by atoms with Gasteiger partial charge in [0.15, 0.2) is 0 Å². The number of likely N-dealkylation sites (tertiary alicyclic amines) is 1. The third kappa shape index (κ3) is 4.52. The lowest BCUT2D eigenvalue weighted by molar-refractivity contribution is 0.00771. The SMILES string of the molecule is COc1ccc(COCC(O)CN2CCCC2c2nc3ccccc3s2)cc1. The van der Waals surface area contributed by atoms with Crippen LogP contribution in [0.15, 0.2) is 48.5 Å². The van der Waals surface area contributed by atoms with Crippen LogP contribution in [0.1, 0.15) is 29.5 Å². The molecule has 1 fully saturated rings. The molecule has 148 valence electrons. The largest absolute Gasteiger partial charge is 0.497 e. The number of hydrogen-bond donors (Lipinski definition) is 1. The summed E-state index contributed by atoms with van der Waals surface area (Å²) in [6, 6.07) is 16.4. The number of aliphatic hydroxyl groups is 1. The number of aromatic nitrogens is 1. The highest BCUT2D eigenvalue weighted by Gasteiger charge is 2.30. The van der Waals surface area contributed by atoms with Gasteiger partial charge in [-0.3, -0.25) is 4.90 Å². The topological polar surface area (TPSA) is 54.8 Å². The summed E-state index contributed by atoms with van der Waals surface area (Å²) < 4.78 is 12.1. The molecule has 28 heavy (non-hydrogen) atoms. The Bertz CT molecular complexity index is 863.